The number of rotatable bonds is 7. The first-order valence-electron chi connectivity index (χ1n) is 8.19. The van der Waals surface area contributed by atoms with Crippen molar-refractivity contribution in [3.63, 3.8) is 0 Å². The number of hydrogen-bond donors (Lipinski definition) is 5. The van der Waals surface area contributed by atoms with E-state index in [1.54, 1.807) is 31.1 Å². The largest absolute Gasteiger partial charge is 0.476 e. The van der Waals surface area contributed by atoms with Crippen LogP contribution in [0, 0.1) is 6.92 Å². The molecule has 0 aliphatic rings. The predicted octanol–water partition coefficient (Wildman–Crippen LogP) is -1.46. The second kappa shape index (κ2) is 8.01. The van der Waals surface area contributed by atoms with Gasteiger partial charge in [0.25, 0.3) is 5.56 Å². The van der Waals surface area contributed by atoms with Crippen LogP contribution in [0.1, 0.15) is 16.1 Å². The van der Waals surface area contributed by atoms with E-state index in [4.69, 9.17) is 5.11 Å². The Morgan fingerprint density at radius 3 is 2.37 bits per heavy atom. The first kappa shape index (κ1) is 20.8. The summed E-state index contributed by atoms with van der Waals surface area (Å²) in [5.74, 6) is -1.52. The normalized spacial score (nSPS) is 14.8. The van der Waals surface area contributed by atoms with Gasteiger partial charge in [0.2, 0.25) is 5.69 Å². The Labute approximate surface area is 154 Å². The molecule has 1 aromatic carbocycles. The van der Waals surface area contributed by atoms with Gasteiger partial charge in [0.1, 0.15) is 18.3 Å². The Hall–Kier alpha value is -2.53. The van der Waals surface area contributed by atoms with Crippen LogP contribution in [0.3, 0.4) is 0 Å². The van der Waals surface area contributed by atoms with Crippen LogP contribution in [-0.2, 0) is 6.54 Å². The summed E-state index contributed by atoms with van der Waals surface area (Å²) in [4.78, 5) is 29.7. The third-order valence-corrected chi connectivity index (χ3v) is 4.29. The molecule has 2 aromatic rings. The van der Waals surface area contributed by atoms with Crippen LogP contribution >= 0.6 is 0 Å². The fourth-order valence-electron chi connectivity index (χ4n) is 2.84. The molecule has 0 aliphatic carbocycles. The number of aromatic nitrogens is 2. The molecule has 10 nitrogen and oxygen atoms in total. The second-order valence-electron chi connectivity index (χ2n) is 6.51. The van der Waals surface area contributed by atoms with Gasteiger partial charge < -0.3 is 35.0 Å². The predicted molar refractivity (Wildman–Crippen MR) is 97.1 cm³/mol. The first-order valence-corrected chi connectivity index (χ1v) is 8.19. The molecule has 10 heteroatoms. The van der Waals surface area contributed by atoms with Gasteiger partial charge in [-0.3, -0.25) is 4.79 Å². The molecule has 5 N–H and O–H groups in total. The lowest BCUT2D eigenvalue weighted by atomic mass is 10.1. The quantitative estimate of drug-likeness (QED) is 0.387. The summed E-state index contributed by atoms with van der Waals surface area (Å²) in [7, 11) is 3.59. The minimum Gasteiger partial charge on any atom is -0.476 e. The van der Waals surface area contributed by atoms with E-state index in [2.05, 4.69) is 4.98 Å². The van der Waals surface area contributed by atoms with Gasteiger partial charge in [-0.15, -0.1) is 0 Å². The lowest BCUT2D eigenvalue weighted by Crippen LogP contribution is -2.43. The van der Waals surface area contributed by atoms with E-state index in [0.717, 1.165) is 15.8 Å². The van der Waals surface area contributed by atoms with Gasteiger partial charge in [0, 0.05) is 19.8 Å². The molecule has 1 heterocycles. The maximum Gasteiger partial charge on any atom is 0.360 e. The average Bonchev–Trinajstić information content (AvgIpc) is 2.61. The summed E-state index contributed by atoms with van der Waals surface area (Å²) in [6.07, 6.45) is -4.96. The van der Waals surface area contributed by atoms with E-state index < -0.39 is 48.7 Å². The third kappa shape index (κ3) is 4.08. The minimum absolute atomic E-state index is 0.236. The zero-order valence-electron chi connectivity index (χ0n) is 15.2. The number of hydrogen-bond acceptors (Lipinski definition) is 8. The molecule has 27 heavy (non-hydrogen) atoms. The molecule has 0 amide bonds. The van der Waals surface area contributed by atoms with Crippen molar-refractivity contribution in [2.24, 2.45) is 0 Å². The molecule has 0 aliphatic heterocycles. The van der Waals surface area contributed by atoms with Gasteiger partial charge in [-0.1, -0.05) is 0 Å². The number of aryl methyl sites for hydroxylation is 1. The summed E-state index contributed by atoms with van der Waals surface area (Å²) in [5.41, 5.74) is 0.393. The van der Waals surface area contributed by atoms with Crippen LogP contribution in [0.5, 0.6) is 0 Å². The summed E-state index contributed by atoms with van der Waals surface area (Å²) >= 11 is 0. The lowest BCUT2D eigenvalue weighted by molar-refractivity contribution is -0.0805. The number of fused-ring (bicyclic) bond motifs is 1. The zero-order valence-corrected chi connectivity index (χ0v) is 15.2. The number of aromatic carboxylic acids is 1. The van der Waals surface area contributed by atoms with Crippen LogP contribution in [0.25, 0.3) is 11.0 Å². The summed E-state index contributed by atoms with van der Waals surface area (Å²) in [6.45, 7) is 0.531. The molecule has 0 saturated carbocycles. The van der Waals surface area contributed by atoms with E-state index >= 15 is 0 Å². The van der Waals surface area contributed by atoms with Crippen molar-refractivity contribution in [3.8, 4) is 0 Å². The minimum atomic E-state index is -1.72. The van der Waals surface area contributed by atoms with Crippen LogP contribution < -0.4 is 10.5 Å². The first-order chi connectivity index (χ1) is 12.6. The molecular formula is C17H23N3O7. The van der Waals surface area contributed by atoms with Crippen molar-refractivity contribution < 1.29 is 30.3 Å². The van der Waals surface area contributed by atoms with E-state index in [0.29, 0.717) is 0 Å². The molecule has 0 spiro atoms. The molecule has 148 valence electrons. The highest BCUT2D eigenvalue weighted by Gasteiger charge is 2.27. The van der Waals surface area contributed by atoms with Gasteiger partial charge >= 0.3 is 5.97 Å². The molecule has 0 bridgehead atoms. The number of anilines is 1. The van der Waals surface area contributed by atoms with Crippen molar-refractivity contribution in [3.05, 3.63) is 33.7 Å². The summed E-state index contributed by atoms with van der Waals surface area (Å²) in [6, 6.07) is 3.25. The molecule has 1 aromatic heterocycles. The molecular weight excluding hydrogens is 358 g/mol. The fourth-order valence-corrected chi connectivity index (χ4v) is 2.84. The summed E-state index contributed by atoms with van der Waals surface area (Å²) in [5, 5.41) is 47.7. The number of carbonyl (C=O) groups is 1. The van der Waals surface area contributed by atoms with E-state index in [1.807, 2.05) is 6.92 Å². The lowest BCUT2D eigenvalue weighted by Gasteiger charge is -2.24. The number of carboxylic acids is 1. The Balaban J connectivity index is 2.70. The van der Waals surface area contributed by atoms with Crippen LogP contribution in [-0.4, -0.2) is 80.1 Å². The molecule has 0 radical (unpaired) electrons. The zero-order chi connectivity index (χ0) is 20.5. The topological polar surface area (TPSA) is 156 Å². The number of benzene rings is 1. The van der Waals surface area contributed by atoms with Crippen LogP contribution in [0.2, 0.25) is 0 Å². The molecule has 0 saturated heterocycles. The number of aliphatic hydroxyl groups is 4. The van der Waals surface area contributed by atoms with Gasteiger partial charge in [0.15, 0.2) is 0 Å². The second-order valence-corrected chi connectivity index (χ2v) is 6.51. The van der Waals surface area contributed by atoms with Crippen LogP contribution in [0.4, 0.5) is 5.69 Å². The number of aliphatic hydroxyl groups excluding tert-OH is 4. The van der Waals surface area contributed by atoms with Crippen LogP contribution in [0.15, 0.2) is 16.9 Å². The third-order valence-electron chi connectivity index (χ3n) is 4.29. The standard InChI is InChI=1S/C17H23N3O7/c1-8-4-9-11(5-10(8)19(2)3)20(16(25)14(18-9)17(26)27)6-12(22)15(24)13(23)7-21/h4-5,12-13,15,21-24H,6-7H2,1-3H3,(H,26,27)/t12-,13+,15-/m0/s1. The smallest absolute Gasteiger partial charge is 0.360 e. The van der Waals surface area contributed by atoms with Crippen molar-refractivity contribution >= 4 is 22.7 Å². The molecule has 0 unspecified atom stereocenters. The monoisotopic (exact) mass is 381 g/mol. The maximum absolute atomic E-state index is 12.6. The highest BCUT2D eigenvalue weighted by atomic mass is 16.4. The van der Waals surface area contributed by atoms with Crippen molar-refractivity contribution in [2.45, 2.75) is 31.8 Å². The Bertz CT molecular complexity index is 910. The summed E-state index contributed by atoms with van der Waals surface area (Å²) < 4.78 is 0.996. The highest BCUT2D eigenvalue weighted by Crippen LogP contribution is 2.24. The Morgan fingerprint density at radius 2 is 1.85 bits per heavy atom. The molecule has 2 rings (SSSR count). The molecule has 0 fully saturated rings. The van der Waals surface area contributed by atoms with Gasteiger partial charge in [-0.25, -0.2) is 9.78 Å². The van der Waals surface area contributed by atoms with Crippen molar-refractivity contribution in [2.75, 3.05) is 25.6 Å². The van der Waals surface area contributed by atoms with Crippen molar-refractivity contribution in [1.29, 1.82) is 0 Å². The van der Waals surface area contributed by atoms with Gasteiger partial charge in [-0.2, -0.15) is 0 Å². The number of carboxylic acid groups (broad SMARTS) is 1. The van der Waals surface area contributed by atoms with Crippen molar-refractivity contribution in [1.82, 2.24) is 9.55 Å². The van der Waals surface area contributed by atoms with Gasteiger partial charge in [-0.05, 0) is 24.6 Å². The van der Waals surface area contributed by atoms with Gasteiger partial charge in [0.05, 0.1) is 24.2 Å². The fraction of sp³-hybridized carbons (Fsp3) is 0.471. The Kier molecular flexibility index (Phi) is 6.16. The number of nitrogens with zero attached hydrogens (tertiary/aromatic N) is 3. The maximum atomic E-state index is 12.6. The van der Waals surface area contributed by atoms with E-state index in [-0.39, 0.29) is 11.0 Å². The SMILES string of the molecule is Cc1cc2nc(C(=O)O)c(=O)n(C[C@H](O)[C@H](O)[C@H](O)CO)c2cc1N(C)C. The average molecular weight is 381 g/mol. The van der Waals surface area contributed by atoms with E-state index in [1.165, 1.54) is 0 Å². The highest BCUT2D eigenvalue weighted by molar-refractivity contribution is 5.89. The molecule has 3 atom stereocenters. The van der Waals surface area contributed by atoms with E-state index in [9.17, 15) is 30.0 Å². The Morgan fingerprint density at radius 1 is 1.22 bits per heavy atom.